The first-order valence-electron chi connectivity index (χ1n) is 51.9. The Morgan fingerprint density at radius 1 is 0.188 bits per heavy atom. The van der Waals surface area contributed by atoms with Gasteiger partial charge in [0.25, 0.3) is 6.71 Å². The third-order valence-electron chi connectivity index (χ3n) is 26.7. The molecular formula is C128H83BN4. The zero-order chi connectivity index (χ0) is 99.7. The molecule has 0 unspecified atom stereocenters. The fraction of sp³-hybridized carbons (Fsp3) is 0. The van der Waals surface area contributed by atoms with Crippen molar-refractivity contribution in [3.05, 3.63) is 503 Å². The highest BCUT2D eigenvalue weighted by atomic mass is 15.2. The molecule has 0 amide bonds. The van der Waals surface area contributed by atoms with E-state index in [4.69, 9.17) is 0 Å². The number of benzene rings is 22. The molecule has 618 valence electrons. The molecule has 0 N–H and O–H groups in total. The summed E-state index contributed by atoms with van der Waals surface area (Å²) in [4.78, 5) is 4.79. The van der Waals surface area contributed by atoms with E-state index in [1.807, 2.05) is 176 Å². The summed E-state index contributed by atoms with van der Waals surface area (Å²) in [6, 6.07) is 137. The molecule has 0 spiro atoms. The van der Waals surface area contributed by atoms with Gasteiger partial charge in [0, 0.05) is 77.9 Å². The van der Waals surface area contributed by atoms with Crippen LogP contribution in [0.4, 0.5) is 34.1 Å². The number of anilines is 6. The Bertz CT molecular complexity index is 9610. The average molecular weight is 1700 g/mol. The number of fused-ring (bicyclic) bond motifs is 13. The van der Waals surface area contributed by atoms with E-state index < -0.39 is 55.1 Å². The molecule has 2 aromatic heterocycles. The Balaban J connectivity index is 0.851. The van der Waals surface area contributed by atoms with E-state index in [1.165, 1.54) is 0 Å². The summed E-state index contributed by atoms with van der Waals surface area (Å²) >= 11 is 0. The normalized spacial score (nSPS) is 13.6. The molecule has 4 nitrogen and oxygen atoms in total. The second kappa shape index (κ2) is 31.8. The number of nitrogens with zero attached hydrogens (tertiary/aromatic N) is 4. The van der Waals surface area contributed by atoms with E-state index in [0.717, 1.165) is 155 Å². The Morgan fingerprint density at radius 2 is 0.534 bits per heavy atom. The molecule has 0 fully saturated rings. The molecule has 26 rings (SSSR count). The van der Waals surface area contributed by atoms with Gasteiger partial charge in [-0.15, -0.1) is 0 Å². The number of para-hydroxylation sites is 3. The quantitative estimate of drug-likeness (QED) is 0.0751. The number of rotatable bonds is 15. The molecule has 0 saturated heterocycles. The topological polar surface area (TPSA) is 16.3 Å². The maximum absolute atomic E-state index is 11.0. The van der Waals surface area contributed by atoms with Crippen LogP contribution in [0.5, 0.6) is 0 Å². The van der Waals surface area contributed by atoms with Crippen LogP contribution in [-0.4, -0.2) is 15.8 Å². The lowest BCUT2D eigenvalue weighted by atomic mass is 9.33. The van der Waals surface area contributed by atoms with Gasteiger partial charge in [0.2, 0.25) is 0 Å². The third-order valence-corrected chi connectivity index (χ3v) is 26.7. The number of hydrogen-bond donors (Lipinski definition) is 0. The van der Waals surface area contributed by atoms with Crippen LogP contribution in [0.15, 0.2) is 503 Å². The van der Waals surface area contributed by atoms with E-state index in [0.29, 0.717) is 39.6 Å². The standard InChI is InChI=1S/C128H83BN4/c1-8-32-84(33-9-1)92-47-28-50-95(72-92)98-62-68-112-110-54-24-26-58-118(110)130(120(112)78-98)104-65-70-116-122(82-104)132(127-108(88-40-16-5-17-41-88)56-31-57-109(127)101-64-67-107-100(75-101)61-60-91-46-22-23-53-106(91)107)124-80-103(97-52-30-49-94(74-97)86-36-12-3-13-37-86)81-125-126(124)129(116)117-71-66-105(131-119-59-27-25-55-111(119)113-69-63-99(79-121(113)131)96-51-29-48-93(73-96)85-34-10-2-11-35-85)83-123(117)133(125)128-114(89-42-18-6-19-43-89)76-102(87-38-14-4-15-39-87)77-115(128)90-44-20-7-21-45-90/h1-83H/i24D,25D,26D,27D,54D,55D,58D,59D,62D,63D,68D,69D,78D,79D. The van der Waals surface area contributed by atoms with Crippen molar-refractivity contribution < 1.29 is 19.2 Å². The minimum Gasteiger partial charge on any atom is -0.310 e. The fourth-order valence-corrected chi connectivity index (χ4v) is 20.6. The predicted octanol–water partition coefficient (Wildman–Crippen LogP) is 32.6. The zero-order valence-corrected chi connectivity index (χ0v) is 71.7. The molecule has 2 aliphatic heterocycles. The zero-order valence-electron chi connectivity index (χ0n) is 85.7. The maximum atomic E-state index is 11.0. The highest BCUT2D eigenvalue weighted by Crippen LogP contribution is 2.56. The van der Waals surface area contributed by atoms with Crippen molar-refractivity contribution in [1.29, 1.82) is 0 Å². The first-order chi connectivity index (χ1) is 71.8. The van der Waals surface area contributed by atoms with Gasteiger partial charge in [-0.3, -0.25) is 0 Å². The van der Waals surface area contributed by atoms with E-state index in [9.17, 15) is 19.2 Å². The van der Waals surface area contributed by atoms with Crippen LogP contribution in [0.25, 0.3) is 199 Å². The van der Waals surface area contributed by atoms with Crippen molar-refractivity contribution in [2.24, 2.45) is 0 Å². The summed E-state index contributed by atoms with van der Waals surface area (Å²) in [6.45, 7) is -0.835. The summed E-state index contributed by atoms with van der Waals surface area (Å²) in [6.07, 6.45) is 0. The highest BCUT2D eigenvalue weighted by molar-refractivity contribution is 7.00. The maximum Gasteiger partial charge on any atom is 0.252 e. The van der Waals surface area contributed by atoms with Crippen LogP contribution in [0.2, 0.25) is 0 Å². The van der Waals surface area contributed by atoms with E-state index in [-0.39, 0.29) is 91.0 Å². The van der Waals surface area contributed by atoms with Gasteiger partial charge in [0.15, 0.2) is 0 Å². The molecule has 5 heteroatoms. The van der Waals surface area contributed by atoms with Gasteiger partial charge < -0.3 is 18.9 Å². The first kappa shape index (κ1) is 63.5. The van der Waals surface area contributed by atoms with Gasteiger partial charge in [0.05, 0.1) is 52.6 Å². The lowest BCUT2D eigenvalue weighted by molar-refractivity contribution is 1.17. The van der Waals surface area contributed by atoms with Crippen molar-refractivity contribution >= 4 is 122 Å². The smallest absolute Gasteiger partial charge is 0.252 e. The lowest BCUT2D eigenvalue weighted by Gasteiger charge is -2.46. The fourth-order valence-electron chi connectivity index (χ4n) is 20.6. The van der Waals surface area contributed by atoms with Crippen LogP contribution < -0.4 is 26.2 Å². The molecule has 22 aromatic carbocycles. The van der Waals surface area contributed by atoms with Crippen LogP contribution in [0.1, 0.15) is 19.2 Å². The van der Waals surface area contributed by atoms with Gasteiger partial charge in [-0.25, -0.2) is 0 Å². The molecule has 0 saturated carbocycles. The second-order valence-corrected chi connectivity index (χ2v) is 34.2. The third kappa shape index (κ3) is 13.1. The lowest BCUT2D eigenvalue weighted by Crippen LogP contribution is -2.61. The predicted molar refractivity (Wildman–Crippen MR) is 564 cm³/mol. The van der Waals surface area contributed by atoms with Crippen molar-refractivity contribution in [3.8, 4) is 134 Å². The van der Waals surface area contributed by atoms with Gasteiger partial charge >= 0.3 is 0 Å². The Morgan fingerprint density at radius 3 is 1.00 bits per heavy atom. The minimum atomic E-state index is -0.835. The van der Waals surface area contributed by atoms with Crippen LogP contribution in [0, 0.1) is 0 Å². The number of aromatic nitrogens is 2. The second-order valence-electron chi connectivity index (χ2n) is 34.2. The van der Waals surface area contributed by atoms with Gasteiger partial charge in [-0.2, -0.15) is 0 Å². The SMILES string of the molecule is [2H]c1c([2H])c([2H])c2c(c1[2H])c1c([2H])c([2H])c(-c3cccc(-c4ccccc4)c3)c([2H])c1n2-c1ccc2c(c1)N(c1c(-c3ccccc3)cccc1-c1ccc3c(ccc4ccccc43)c1)c1cc(-c3cccc(-c4ccccc4)c3)cc3c1B2c1ccc(-n2c4c([2H])c([2H])c([2H])c([2H])c4c4c([2H])c([2H])c(-c5cccc(-c6ccccc6)c5)c([2H])c42)cc1N3c1c(-c2ccccc2)cc(-c2ccccc2)cc1-c1ccccc1. The molecule has 133 heavy (non-hydrogen) atoms. The first-order valence-corrected chi connectivity index (χ1v) is 44.9. The van der Waals surface area contributed by atoms with Crippen molar-refractivity contribution in [3.63, 3.8) is 0 Å². The number of hydrogen-bond acceptors (Lipinski definition) is 2. The Labute approximate surface area is 792 Å². The molecule has 24 aromatic rings. The molecule has 0 atom stereocenters. The van der Waals surface area contributed by atoms with Gasteiger partial charge in [-0.1, -0.05) is 406 Å². The molecule has 0 bridgehead atoms. The minimum absolute atomic E-state index is 0.00417. The largest absolute Gasteiger partial charge is 0.310 e. The summed E-state index contributed by atoms with van der Waals surface area (Å²) in [5.41, 5.74) is 24.2. The highest BCUT2D eigenvalue weighted by Gasteiger charge is 2.46. The van der Waals surface area contributed by atoms with Crippen molar-refractivity contribution in [1.82, 2.24) is 9.13 Å². The monoisotopic (exact) mass is 1700 g/mol. The van der Waals surface area contributed by atoms with Crippen LogP contribution >= 0.6 is 0 Å². The summed E-state index contributed by atoms with van der Waals surface area (Å²) < 4.78 is 146. The Kier molecular flexibility index (Phi) is 15.2. The van der Waals surface area contributed by atoms with Crippen molar-refractivity contribution in [2.45, 2.75) is 0 Å². The molecule has 2 aliphatic rings. The summed E-state index contributed by atoms with van der Waals surface area (Å²) in [7, 11) is 0. The van der Waals surface area contributed by atoms with E-state index in [1.54, 1.807) is 9.13 Å². The van der Waals surface area contributed by atoms with Crippen LogP contribution in [0.3, 0.4) is 0 Å². The van der Waals surface area contributed by atoms with Crippen LogP contribution in [-0.2, 0) is 0 Å². The van der Waals surface area contributed by atoms with Gasteiger partial charge in [0.1, 0.15) is 0 Å². The molecule has 0 radical (unpaired) electrons. The average Bonchev–Trinajstić information content (AvgIpc) is 1.66. The Hall–Kier alpha value is -17.4. The molecule has 0 aliphatic carbocycles. The van der Waals surface area contributed by atoms with E-state index >= 15 is 0 Å². The summed E-state index contributed by atoms with van der Waals surface area (Å²) in [5, 5.41) is 4.22. The van der Waals surface area contributed by atoms with Gasteiger partial charge in [-0.05, 0) is 235 Å². The summed E-state index contributed by atoms with van der Waals surface area (Å²) in [5.74, 6) is 0. The molecular weight excluding hydrogens is 1600 g/mol. The molecule has 4 heterocycles. The van der Waals surface area contributed by atoms with E-state index in [2.05, 4.69) is 252 Å². The van der Waals surface area contributed by atoms with Crippen molar-refractivity contribution in [2.75, 3.05) is 9.80 Å².